The van der Waals surface area contributed by atoms with Gasteiger partial charge >= 0.3 is 170 Å². The van der Waals surface area contributed by atoms with Crippen molar-refractivity contribution in [2.45, 2.75) is 79.5 Å². The average molecular weight is 483 g/mol. The quantitative estimate of drug-likeness (QED) is 0.183. The number of ether oxygens (including phenoxy) is 1. The Hall–Kier alpha value is -0.841. The van der Waals surface area contributed by atoms with E-state index in [-0.39, 0.29) is 5.82 Å². The van der Waals surface area contributed by atoms with E-state index in [0.29, 0.717) is 12.2 Å². The Morgan fingerprint density at radius 1 is 1.00 bits per heavy atom. The Morgan fingerprint density at radius 2 is 1.56 bits per heavy atom. The van der Waals surface area contributed by atoms with Gasteiger partial charge in [0.25, 0.3) is 0 Å². The van der Waals surface area contributed by atoms with Crippen molar-refractivity contribution < 1.29 is 13.9 Å². The van der Waals surface area contributed by atoms with Crippen LogP contribution in [0.4, 0.5) is 4.39 Å². The van der Waals surface area contributed by atoms with Crippen LogP contribution in [0.1, 0.15) is 71.8 Å². The van der Waals surface area contributed by atoms with Gasteiger partial charge in [0.15, 0.2) is 0 Å². The van der Waals surface area contributed by atoms with Crippen LogP contribution in [-0.2, 0) is 9.53 Å². The number of benzene rings is 1. The molecule has 0 aliphatic rings. The molecular formula is C23H37FO2Sn. The number of esters is 1. The van der Waals surface area contributed by atoms with Crippen LogP contribution >= 0.6 is 0 Å². The monoisotopic (exact) mass is 484 g/mol. The third-order valence-corrected chi connectivity index (χ3v) is 20.9. The van der Waals surface area contributed by atoms with Gasteiger partial charge in [0.05, 0.1) is 0 Å². The molecule has 27 heavy (non-hydrogen) atoms. The molecule has 0 saturated heterocycles. The Morgan fingerprint density at radius 3 is 2.00 bits per heavy atom. The molecule has 0 N–H and O–H groups in total. The Bertz CT molecular complexity index is 576. The zero-order valence-electron chi connectivity index (χ0n) is 17.7. The van der Waals surface area contributed by atoms with Crippen LogP contribution in [0.3, 0.4) is 0 Å². The van der Waals surface area contributed by atoms with E-state index in [0.717, 1.165) is 0 Å². The van der Waals surface area contributed by atoms with Crippen molar-refractivity contribution in [3.8, 4) is 0 Å². The second kappa shape index (κ2) is 13.4. The van der Waals surface area contributed by atoms with E-state index in [9.17, 15) is 9.18 Å². The van der Waals surface area contributed by atoms with E-state index in [4.69, 9.17) is 4.74 Å². The second-order valence-electron chi connectivity index (χ2n) is 7.41. The van der Waals surface area contributed by atoms with Crippen LogP contribution < -0.4 is 3.58 Å². The van der Waals surface area contributed by atoms with Crippen LogP contribution in [0, 0.1) is 5.82 Å². The van der Waals surface area contributed by atoms with Crippen molar-refractivity contribution in [2.75, 3.05) is 6.61 Å². The summed E-state index contributed by atoms with van der Waals surface area (Å²) >= 11 is -2.61. The summed E-state index contributed by atoms with van der Waals surface area (Å²) < 4.78 is 25.0. The number of rotatable bonds is 13. The summed E-state index contributed by atoms with van der Waals surface area (Å²) in [6.45, 7) is 8.84. The van der Waals surface area contributed by atoms with Gasteiger partial charge in [-0.1, -0.05) is 0 Å². The summed E-state index contributed by atoms with van der Waals surface area (Å²) in [5.41, 5.74) is 0.466. The summed E-state index contributed by atoms with van der Waals surface area (Å²) in [6, 6.07) is 5.81. The van der Waals surface area contributed by atoms with Gasteiger partial charge in [-0.05, 0) is 0 Å². The van der Waals surface area contributed by atoms with Crippen molar-refractivity contribution in [3.05, 3.63) is 35.7 Å². The minimum atomic E-state index is -2.61. The summed E-state index contributed by atoms with van der Waals surface area (Å²) in [5.74, 6) is -0.637. The maximum atomic E-state index is 14.8. The molecule has 1 aromatic carbocycles. The first-order chi connectivity index (χ1) is 13.0. The second-order valence-corrected chi connectivity index (χ2v) is 20.7. The third kappa shape index (κ3) is 7.97. The molecule has 0 radical (unpaired) electrons. The van der Waals surface area contributed by atoms with E-state index in [1.165, 1.54) is 67.6 Å². The fourth-order valence-corrected chi connectivity index (χ4v) is 19.6. The van der Waals surface area contributed by atoms with Crippen LogP contribution in [0.2, 0.25) is 13.3 Å². The molecule has 4 heteroatoms. The predicted octanol–water partition coefficient (Wildman–Crippen LogP) is 6.46. The fourth-order valence-electron chi connectivity index (χ4n) is 3.69. The molecule has 0 spiro atoms. The zero-order valence-corrected chi connectivity index (χ0v) is 20.5. The molecule has 0 fully saturated rings. The number of halogens is 1. The van der Waals surface area contributed by atoms with Gasteiger partial charge in [-0.15, -0.1) is 0 Å². The standard InChI is InChI=1S/C11H10FO2.3C4H9.Sn/c1-2-14-11(13)8-7-9-5-3-4-6-10(9)12;3*1-3-4-2;/h3,5-8H,2H2,1H3;3*1,3-4H2,2H3;/b8-7+;;;;. The molecule has 1 rings (SSSR count). The number of carbonyl (C=O) groups is 1. The molecule has 0 atom stereocenters. The summed E-state index contributed by atoms with van der Waals surface area (Å²) in [6.07, 6.45) is 10.2. The maximum absolute atomic E-state index is 14.8. The first-order valence-corrected chi connectivity index (χ1v) is 18.2. The molecule has 0 aliphatic heterocycles. The van der Waals surface area contributed by atoms with Gasteiger partial charge in [-0.25, -0.2) is 0 Å². The van der Waals surface area contributed by atoms with Gasteiger partial charge < -0.3 is 0 Å². The molecule has 0 bridgehead atoms. The number of unbranched alkanes of at least 4 members (excludes halogenated alkanes) is 3. The number of carbonyl (C=O) groups excluding carboxylic acids is 1. The first kappa shape index (κ1) is 24.2. The molecule has 2 nitrogen and oxygen atoms in total. The molecule has 0 aromatic heterocycles. The topological polar surface area (TPSA) is 26.3 Å². The molecule has 0 unspecified atom stereocenters. The van der Waals surface area contributed by atoms with Crippen LogP contribution in [0.15, 0.2) is 24.3 Å². The van der Waals surface area contributed by atoms with Crippen LogP contribution in [-0.4, -0.2) is 31.0 Å². The fraction of sp³-hybridized carbons (Fsp3) is 0.609. The number of hydrogen-bond acceptors (Lipinski definition) is 2. The number of hydrogen-bond donors (Lipinski definition) is 0. The Labute approximate surface area is 169 Å². The average Bonchev–Trinajstić information content (AvgIpc) is 2.67. The van der Waals surface area contributed by atoms with Gasteiger partial charge in [0, 0.05) is 0 Å². The molecule has 1 aromatic rings. The van der Waals surface area contributed by atoms with E-state index < -0.39 is 24.3 Å². The molecular weight excluding hydrogens is 446 g/mol. The minimum absolute atomic E-state index is 0.210. The van der Waals surface area contributed by atoms with E-state index in [2.05, 4.69) is 26.8 Å². The zero-order chi connectivity index (χ0) is 20.1. The van der Waals surface area contributed by atoms with Gasteiger partial charge in [0.2, 0.25) is 0 Å². The third-order valence-electron chi connectivity index (χ3n) is 5.33. The van der Waals surface area contributed by atoms with E-state index in [1.807, 2.05) is 6.07 Å². The van der Waals surface area contributed by atoms with Crippen LogP contribution in [0.5, 0.6) is 0 Å². The first-order valence-electron chi connectivity index (χ1n) is 10.7. The predicted molar refractivity (Wildman–Crippen MR) is 117 cm³/mol. The molecule has 0 heterocycles. The van der Waals surface area contributed by atoms with Crippen molar-refractivity contribution >= 4 is 34.0 Å². The Balaban J connectivity index is 3.16. The van der Waals surface area contributed by atoms with E-state index >= 15 is 0 Å². The van der Waals surface area contributed by atoms with E-state index in [1.54, 1.807) is 13.0 Å². The van der Waals surface area contributed by atoms with Gasteiger partial charge in [-0.3, -0.25) is 0 Å². The van der Waals surface area contributed by atoms with Crippen molar-refractivity contribution in [1.29, 1.82) is 0 Å². The van der Waals surface area contributed by atoms with Crippen molar-refractivity contribution in [1.82, 2.24) is 0 Å². The Kier molecular flexibility index (Phi) is 12.0. The van der Waals surface area contributed by atoms with Gasteiger partial charge in [0.1, 0.15) is 0 Å². The van der Waals surface area contributed by atoms with Crippen LogP contribution in [0.25, 0.3) is 6.08 Å². The van der Waals surface area contributed by atoms with Gasteiger partial charge in [-0.2, -0.15) is 0 Å². The molecule has 152 valence electrons. The molecule has 0 amide bonds. The van der Waals surface area contributed by atoms with Crippen molar-refractivity contribution in [2.24, 2.45) is 0 Å². The van der Waals surface area contributed by atoms with Crippen molar-refractivity contribution in [3.63, 3.8) is 0 Å². The summed E-state index contributed by atoms with van der Waals surface area (Å²) in [4.78, 5) is 11.5. The normalized spacial score (nSPS) is 11.9. The SMILES string of the molecule is CCC[CH2][Sn]([CH2]CCC)([CH2]CCC)[c]1ccc(/C=C/C(=O)OCC)c(F)c1. The summed E-state index contributed by atoms with van der Waals surface area (Å²) in [5, 5.41) is 0. The molecule has 0 saturated carbocycles. The molecule has 0 aliphatic carbocycles. The summed E-state index contributed by atoms with van der Waals surface area (Å²) in [7, 11) is 0.